The SMILES string of the molecule is CCN(Cc1nc2ccccc2c(=O)[nH]1)CC1(O)CCCCCC1. The van der Waals surface area contributed by atoms with Crippen LogP contribution < -0.4 is 5.56 Å². The summed E-state index contributed by atoms with van der Waals surface area (Å²) in [4.78, 5) is 21.8. The monoisotopic (exact) mass is 329 g/mol. The molecule has 1 aromatic heterocycles. The fourth-order valence-corrected chi connectivity index (χ4v) is 3.66. The van der Waals surface area contributed by atoms with Crippen molar-refractivity contribution in [2.75, 3.05) is 13.1 Å². The van der Waals surface area contributed by atoms with E-state index in [0.717, 1.165) is 37.7 Å². The molecule has 2 aromatic rings. The minimum atomic E-state index is -0.607. The normalized spacial score (nSPS) is 18.0. The summed E-state index contributed by atoms with van der Waals surface area (Å²) in [6, 6.07) is 7.39. The van der Waals surface area contributed by atoms with Gasteiger partial charge in [0.2, 0.25) is 0 Å². The number of fused-ring (bicyclic) bond motifs is 1. The van der Waals surface area contributed by atoms with Crippen LogP contribution in [0, 0.1) is 0 Å². The maximum Gasteiger partial charge on any atom is 0.258 e. The highest BCUT2D eigenvalue weighted by Gasteiger charge is 2.30. The van der Waals surface area contributed by atoms with Gasteiger partial charge in [-0.05, 0) is 31.5 Å². The topological polar surface area (TPSA) is 69.2 Å². The summed E-state index contributed by atoms with van der Waals surface area (Å²) in [6.07, 6.45) is 6.36. The van der Waals surface area contributed by atoms with E-state index in [2.05, 4.69) is 21.8 Å². The molecule has 5 heteroatoms. The van der Waals surface area contributed by atoms with Crippen molar-refractivity contribution in [3.8, 4) is 0 Å². The van der Waals surface area contributed by atoms with E-state index in [-0.39, 0.29) is 5.56 Å². The smallest absolute Gasteiger partial charge is 0.258 e. The van der Waals surface area contributed by atoms with Crippen LogP contribution in [0.3, 0.4) is 0 Å². The van der Waals surface area contributed by atoms with Crippen LogP contribution >= 0.6 is 0 Å². The molecule has 130 valence electrons. The highest BCUT2D eigenvalue weighted by molar-refractivity contribution is 5.77. The van der Waals surface area contributed by atoms with Crippen molar-refractivity contribution in [1.82, 2.24) is 14.9 Å². The molecule has 24 heavy (non-hydrogen) atoms. The van der Waals surface area contributed by atoms with Crippen molar-refractivity contribution >= 4 is 10.9 Å². The molecule has 5 nitrogen and oxygen atoms in total. The Morgan fingerprint density at radius 1 is 1.21 bits per heavy atom. The van der Waals surface area contributed by atoms with Gasteiger partial charge in [-0.3, -0.25) is 9.69 Å². The van der Waals surface area contributed by atoms with Gasteiger partial charge in [-0.15, -0.1) is 0 Å². The lowest BCUT2D eigenvalue weighted by Crippen LogP contribution is -2.42. The summed E-state index contributed by atoms with van der Waals surface area (Å²) in [5.41, 5.74) is 0.0178. The van der Waals surface area contributed by atoms with Crippen molar-refractivity contribution < 1.29 is 5.11 Å². The number of aliphatic hydroxyl groups is 1. The predicted molar refractivity (Wildman–Crippen MR) is 96.0 cm³/mol. The van der Waals surface area contributed by atoms with Gasteiger partial charge in [0.1, 0.15) is 5.82 Å². The molecule has 1 aliphatic rings. The average molecular weight is 329 g/mol. The van der Waals surface area contributed by atoms with Crippen molar-refractivity contribution in [2.45, 2.75) is 57.6 Å². The number of H-pyrrole nitrogens is 1. The van der Waals surface area contributed by atoms with Crippen LogP contribution in [-0.2, 0) is 6.54 Å². The van der Waals surface area contributed by atoms with Gasteiger partial charge in [0.05, 0.1) is 23.0 Å². The summed E-state index contributed by atoms with van der Waals surface area (Å²) >= 11 is 0. The number of benzene rings is 1. The quantitative estimate of drug-likeness (QED) is 0.828. The fraction of sp³-hybridized carbons (Fsp3) is 0.579. The van der Waals surface area contributed by atoms with E-state index in [1.54, 1.807) is 6.07 Å². The molecule has 1 heterocycles. The van der Waals surface area contributed by atoms with Gasteiger partial charge >= 0.3 is 0 Å². The number of rotatable bonds is 5. The molecule has 2 N–H and O–H groups in total. The predicted octanol–water partition coefficient (Wildman–Crippen LogP) is 2.83. The lowest BCUT2D eigenvalue weighted by molar-refractivity contribution is -0.0107. The van der Waals surface area contributed by atoms with Crippen molar-refractivity contribution in [3.63, 3.8) is 0 Å². The molecule has 0 bridgehead atoms. The third-order valence-electron chi connectivity index (χ3n) is 5.03. The first-order valence-electron chi connectivity index (χ1n) is 9.02. The molecule has 0 aliphatic heterocycles. The zero-order valence-corrected chi connectivity index (χ0v) is 14.4. The van der Waals surface area contributed by atoms with Crippen LogP contribution in [0.25, 0.3) is 10.9 Å². The van der Waals surface area contributed by atoms with Gasteiger partial charge in [-0.1, -0.05) is 44.7 Å². The van der Waals surface area contributed by atoms with Gasteiger partial charge in [0, 0.05) is 6.54 Å². The summed E-state index contributed by atoms with van der Waals surface area (Å²) in [5.74, 6) is 0.665. The number of hydrogen-bond donors (Lipinski definition) is 2. The highest BCUT2D eigenvalue weighted by atomic mass is 16.3. The number of aromatic amines is 1. The van der Waals surface area contributed by atoms with Gasteiger partial charge < -0.3 is 10.1 Å². The molecule has 0 unspecified atom stereocenters. The van der Waals surface area contributed by atoms with Crippen LogP contribution in [0.5, 0.6) is 0 Å². The molecule has 1 saturated carbocycles. The zero-order valence-electron chi connectivity index (χ0n) is 14.4. The molecule has 0 amide bonds. The van der Waals surface area contributed by atoms with Gasteiger partial charge in [-0.25, -0.2) is 4.98 Å². The molecule has 1 aromatic carbocycles. The van der Waals surface area contributed by atoms with Crippen LogP contribution in [0.4, 0.5) is 0 Å². The van der Waals surface area contributed by atoms with E-state index < -0.39 is 5.60 Å². The van der Waals surface area contributed by atoms with Gasteiger partial charge in [0.15, 0.2) is 0 Å². The fourth-order valence-electron chi connectivity index (χ4n) is 3.66. The van der Waals surface area contributed by atoms with Crippen LogP contribution in [0.15, 0.2) is 29.1 Å². The standard InChI is InChI=1S/C19H27N3O2/c1-2-22(14-19(24)11-7-3-4-8-12-19)13-17-20-16-10-6-5-9-15(16)18(23)21-17/h5-6,9-10,24H,2-4,7-8,11-14H2,1H3,(H,20,21,23). The first-order valence-corrected chi connectivity index (χ1v) is 9.02. The number of aromatic nitrogens is 2. The van der Waals surface area contributed by atoms with Gasteiger partial charge in [0.25, 0.3) is 5.56 Å². The molecule has 0 radical (unpaired) electrons. The number of para-hydroxylation sites is 1. The van der Waals surface area contributed by atoms with Crippen LogP contribution in [0.2, 0.25) is 0 Å². The van der Waals surface area contributed by atoms with E-state index >= 15 is 0 Å². The Kier molecular flexibility index (Phi) is 5.31. The Bertz CT molecular complexity index is 733. The second-order valence-corrected chi connectivity index (χ2v) is 6.97. The maximum atomic E-state index is 12.2. The Morgan fingerprint density at radius 2 is 1.92 bits per heavy atom. The molecule has 0 saturated heterocycles. The minimum Gasteiger partial charge on any atom is -0.389 e. The number of nitrogens with one attached hydrogen (secondary N) is 1. The highest BCUT2D eigenvalue weighted by Crippen LogP contribution is 2.28. The number of likely N-dealkylation sites (N-methyl/N-ethyl adjacent to an activating group) is 1. The molecule has 3 rings (SSSR count). The number of nitrogens with zero attached hydrogens (tertiary/aromatic N) is 2. The Labute approximate surface area is 142 Å². The van der Waals surface area contributed by atoms with Crippen LogP contribution in [0.1, 0.15) is 51.3 Å². The average Bonchev–Trinajstić information content (AvgIpc) is 2.79. The molecule has 0 atom stereocenters. The van der Waals surface area contributed by atoms with Crippen molar-refractivity contribution in [1.29, 1.82) is 0 Å². The molecule has 0 spiro atoms. The summed E-state index contributed by atoms with van der Waals surface area (Å²) < 4.78 is 0. The molecular weight excluding hydrogens is 302 g/mol. The second kappa shape index (κ2) is 7.45. The zero-order chi connectivity index (χ0) is 17.0. The van der Waals surface area contributed by atoms with Gasteiger partial charge in [-0.2, -0.15) is 0 Å². The molecular formula is C19H27N3O2. The summed E-state index contributed by atoms with van der Waals surface area (Å²) in [6.45, 7) is 4.09. The Balaban J connectivity index is 1.76. The third kappa shape index (κ3) is 4.02. The second-order valence-electron chi connectivity index (χ2n) is 6.97. The van der Waals surface area contributed by atoms with Crippen molar-refractivity contribution in [2.24, 2.45) is 0 Å². The Morgan fingerprint density at radius 3 is 2.62 bits per heavy atom. The van der Waals surface area contributed by atoms with E-state index in [0.29, 0.717) is 24.3 Å². The lowest BCUT2D eigenvalue weighted by atomic mass is 9.94. The first kappa shape index (κ1) is 17.1. The third-order valence-corrected chi connectivity index (χ3v) is 5.03. The van der Waals surface area contributed by atoms with E-state index in [1.165, 1.54) is 12.8 Å². The summed E-state index contributed by atoms with van der Waals surface area (Å²) in [7, 11) is 0. The van der Waals surface area contributed by atoms with E-state index in [9.17, 15) is 9.90 Å². The van der Waals surface area contributed by atoms with E-state index in [1.807, 2.05) is 18.2 Å². The lowest BCUT2D eigenvalue weighted by Gasteiger charge is -2.33. The van der Waals surface area contributed by atoms with E-state index in [4.69, 9.17) is 0 Å². The number of hydrogen-bond acceptors (Lipinski definition) is 4. The molecule has 1 aliphatic carbocycles. The molecule has 1 fully saturated rings. The van der Waals surface area contributed by atoms with Crippen LogP contribution in [-0.4, -0.2) is 38.7 Å². The maximum absolute atomic E-state index is 12.2. The van der Waals surface area contributed by atoms with Crippen molar-refractivity contribution in [3.05, 3.63) is 40.4 Å². The Hall–Kier alpha value is -1.72. The minimum absolute atomic E-state index is 0.0974. The first-order chi connectivity index (χ1) is 11.6. The summed E-state index contributed by atoms with van der Waals surface area (Å²) in [5, 5.41) is 11.5. The largest absolute Gasteiger partial charge is 0.389 e.